The van der Waals surface area contributed by atoms with Gasteiger partial charge in [-0.05, 0) is 37.4 Å². The van der Waals surface area contributed by atoms with Gasteiger partial charge in [-0.15, -0.1) is 11.3 Å². The fraction of sp³-hybridized carbons (Fsp3) is 0.636. The molecule has 78 valence electrons. The van der Waals surface area contributed by atoms with E-state index in [1.165, 1.54) is 17.7 Å². The molecule has 0 radical (unpaired) electrons. The summed E-state index contributed by atoms with van der Waals surface area (Å²) in [7, 11) is 2.06. The van der Waals surface area contributed by atoms with E-state index in [0.717, 1.165) is 16.2 Å². The minimum Gasteiger partial charge on any atom is -0.317 e. The van der Waals surface area contributed by atoms with Crippen LogP contribution in [0.4, 0.5) is 0 Å². The van der Waals surface area contributed by atoms with Crippen LogP contribution in [0.2, 0.25) is 4.34 Å². The zero-order chi connectivity index (χ0) is 10.1. The summed E-state index contributed by atoms with van der Waals surface area (Å²) in [5.41, 5.74) is 0. The Labute approximate surface area is 94.5 Å². The number of thiophene rings is 1. The van der Waals surface area contributed by atoms with Gasteiger partial charge in [0, 0.05) is 10.9 Å². The molecule has 1 aromatic heterocycles. The predicted octanol–water partition coefficient (Wildman–Crippen LogP) is 3.50. The Bertz CT molecular complexity index is 310. The fourth-order valence-corrected chi connectivity index (χ4v) is 3.71. The van der Waals surface area contributed by atoms with Gasteiger partial charge in [-0.2, -0.15) is 0 Å². The van der Waals surface area contributed by atoms with Crippen LogP contribution in [0.3, 0.4) is 0 Å². The lowest BCUT2D eigenvalue weighted by molar-refractivity contribution is 0.172. The third-order valence-electron chi connectivity index (χ3n) is 3.34. The Morgan fingerprint density at radius 2 is 2.36 bits per heavy atom. The van der Waals surface area contributed by atoms with Crippen molar-refractivity contribution in [1.82, 2.24) is 5.32 Å². The van der Waals surface area contributed by atoms with E-state index in [9.17, 15) is 0 Å². The Kier molecular flexibility index (Phi) is 3.15. The van der Waals surface area contributed by atoms with Gasteiger partial charge in [0.25, 0.3) is 0 Å². The van der Waals surface area contributed by atoms with Crippen molar-refractivity contribution in [2.24, 2.45) is 5.92 Å². The maximum Gasteiger partial charge on any atom is 0.0931 e. The average molecular weight is 230 g/mol. The van der Waals surface area contributed by atoms with Crippen LogP contribution < -0.4 is 5.32 Å². The Morgan fingerprint density at radius 1 is 1.57 bits per heavy atom. The molecule has 14 heavy (non-hydrogen) atoms. The van der Waals surface area contributed by atoms with Crippen molar-refractivity contribution in [3.8, 4) is 0 Å². The average Bonchev–Trinajstić information content (AvgIpc) is 2.52. The lowest BCUT2D eigenvalue weighted by Crippen LogP contribution is -2.47. The molecular formula is C11H16ClNS. The molecule has 0 aliphatic heterocycles. The van der Waals surface area contributed by atoms with E-state index in [2.05, 4.69) is 25.4 Å². The maximum absolute atomic E-state index is 5.95. The molecule has 1 nitrogen and oxygen atoms in total. The van der Waals surface area contributed by atoms with Crippen LogP contribution in [-0.4, -0.2) is 13.1 Å². The molecule has 1 fully saturated rings. The van der Waals surface area contributed by atoms with E-state index in [0.29, 0.717) is 6.04 Å². The van der Waals surface area contributed by atoms with Gasteiger partial charge in [-0.1, -0.05) is 24.9 Å². The molecule has 1 aliphatic rings. The quantitative estimate of drug-likeness (QED) is 0.837. The molecule has 2 rings (SSSR count). The van der Waals surface area contributed by atoms with E-state index >= 15 is 0 Å². The van der Waals surface area contributed by atoms with E-state index in [1.807, 2.05) is 6.07 Å². The molecular weight excluding hydrogens is 214 g/mol. The molecule has 1 saturated carbocycles. The third-order valence-corrected chi connectivity index (χ3v) is 4.71. The predicted molar refractivity (Wildman–Crippen MR) is 63.3 cm³/mol. The van der Waals surface area contributed by atoms with Gasteiger partial charge in [0.05, 0.1) is 4.34 Å². The summed E-state index contributed by atoms with van der Waals surface area (Å²) in [5, 5.41) is 3.38. The van der Waals surface area contributed by atoms with Crippen molar-refractivity contribution in [3.63, 3.8) is 0 Å². The van der Waals surface area contributed by atoms with Gasteiger partial charge in [-0.25, -0.2) is 0 Å². The van der Waals surface area contributed by atoms with Gasteiger partial charge >= 0.3 is 0 Å². The van der Waals surface area contributed by atoms with Gasteiger partial charge in [0.1, 0.15) is 0 Å². The normalized spacial score (nSPS) is 31.5. The first-order valence-electron chi connectivity index (χ1n) is 5.18. The summed E-state index contributed by atoms with van der Waals surface area (Å²) in [6, 6.07) is 4.92. The zero-order valence-corrected chi connectivity index (χ0v) is 10.2. The van der Waals surface area contributed by atoms with Crippen LogP contribution in [0, 0.1) is 5.92 Å². The molecule has 3 heteroatoms. The highest BCUT2D eigenvalue weighted by Crippen LogP contribution is 2.47. The van der Waals surface area contributed by atoms with E-state index in [4.69, 9.17) is 11.6 Å². The third kappa shape index (κ3) is 1.71. The van der Waals surface area contributed by atoms with Crippen molar-refractivity contribution >= 4 is 22.9 Å². The summed E-state index contributed by atoms with van der Waals surface area (Å²) >= 11 is 7.69. The highest BCUT2D eigenvalue weighted by atomic mass is 35.5. The van der Waals surface area contributed by atoms with Gasteiger partial charge in [-0.3, -0.25) is 0 Å². The van der Waals surface area contributed by atoms with E-state index < -0.39 is 0 Å². The maximum atomic E-state index is 5.95. The first-order valence-corrected chi connectivity index (χ1v) is 6.38. The van der Waals surface area contributed by atoms with Crippen molar-refractivity contribution in [3.05, 3.63) is 21.3 Å². The van der Waals surface area contributed by atoms with Crippen molar-refractivity contribution in [2.75, 3.05) is 7.05 Å². The van der Waals surface area contributed by atoms with Crippen LogP contribution in [-0.2, 0) is 0 Å². The molecule has 3 unspecified atom stereocenters. The molecule has 1 aliphatic carbocycles. The minimum absolute atomic E-state index is 0.714. The topological polar surface area (TPSA) is 12.0 Å². The SMILES string of the molecule is CCC1C(NC)CC1c1ccc(Cl)s1. The molecule has 0 spiro atoms. The summed E-state index contributed by atoms with van der Waals surface area (Å²) in [6.07, 6.45) is 2.53. The van der Waals surface area contributed by atoms with Crippen molar-refractivity contribution in [1.29, 1.82) is 0 Å². The smallest absolute Gasteiger partial charge is 0.0931 e. The number of hydrogen-bond donors (Lipinski definition) is 1. The Balaban J connectivity index is 2.07. The molecule has 1 heterocycles. The second kappa shape index (κ2) is 4.21. The lowest BCUT2D eigenvalue weighted by Gasteiger charge is -2.44. The number of nitrogens with one attached hydrogen (secondary N) is 1. The van der Waals surface area contributed by atoms with Crippen molar-refractivity contribution < 1.29 is 0 Å². The van der Waals surface area contributed by atoms with Crippen LogP contribution in [0.5, 0.6) is 0 Å². The standard InChI is InChI=1S/C11H16ClNS/c1-3-7-8(6-9(7)13-2)10-4-5-11(12)14-10/h4-5,7-9,13H,3,6H2,1-2H3. The highest BCUT2D eigenvalue weighted by Gasteiger charge is 2.40. The molecule has 0 amide bonds. The summed E-state index contributed by atoms with van der Waals surface area (Å²) in [5.74, 6) is 1.55. The number of rotatable bonds is 3. The van der Waals surface area contributed by atoms with Crippen LogP contribution in [0.15, 0.2) is 12.1 Å². The highest BCUT2D eigenvalue weighted by molar-refractivity contribution is 7.16. The Morgan fingerprint density at radius 3 is 2.86 bits per heavy atom. The van der Waals surface area contributed by atoms with Gasteiger partial charge < -0.3 is 5.32 Å². The number of halogens is 1. The van der Waals surface area contributed by atoms with Crippen LogP contribution in [0.1, 0.15) is 30.6 Å². The molecule has 1 aromatic rings. The fourth-order valence-electron chi connectivity index (χ4n) is 2.46. The molecule has 0 saturated heterocycles. The van der Waals surface area contributed by atoms with Crippen molar-refractivity contribution in [2.45, 2.75) is 31.7 Å². The first-order chi connectivity index (χ1) is 6.76. The molecule has 1 N–H and O–H groups in total. The number of hydrogen-bond acceptors (Lipinski definition) is 2. The molecule has 3 atom stereocenters. The van der Waals surface area contributed by atoms with Crippen LogP contribution >= 0.6 is 22.9 Å². The summed E-state index contributed by atoms with van der Waals surface area (Å²) < 4.78 is 0.919. The van der Waals surface area contributed by atoms with E-state index in [-0.39, 0.29) is 0 Å². The zero-order valence-electron chi connectivity index (χ0n) is 8.59. The molecule has 0 aromatic carbocycles. The van der Waals surface area contributed by atoms with E-state index in [1.54, 1.807) is 11.3 Å². The second-order valence-electron chi connectivity index (χ2n) is 3.95. The second-order valence-corrected chi connectivity index (χ2v) is 5.70. The summed E-state index contributed by atoms with van der Waals surface area (Å²) in [4.78, 5) is 1.47. The Hall–Kier alpha value is -0.0500. The first kappa shape index (κ1) is 10.5. The lowest BCUT2D eigenvalue weighted by atomic mass is 9.67. The summed E-state index contributed by atoms with van der Waals surface area (Å²) in [6.45, 7) is 2.27. The largest absolute Gasteiger partial charge is 0.317 e. The van der Waals surface area contributed by atoms with Crippen LogP contribution in [0.25, 0.3) is 0 Å². The van der Waals surface area contributed by atoms with Gasteiger partial charge in [0.2, 0.25) is 0 Å². The molecule has 0 bridgehead atoms. The monoisotopic (exact) mass is 229 g/mol. The minimum atomic E-state index is 0.714. The van der Waals surface area contributed by atoms with Gasteiger partial charge in [0.15, 0.2) is 0 Å².